The average Bonchev–Trinajstić information content (AvgIpc) is 2.19. The molecule has 0 N–H and O–H groups in total. The fourth-order valence-electron chi connectivity index (χ4n) is 1.44. The van der Waals surface area contributed by atoms with Crippen molar-refractivity contribution < 1.29 is 4.74 Å². The lowest BCUT2D eigenvalue weighted by Crippen LogP contribution is -2.18. The minimum absolute atomic E-state index is 0.255. The quantitative estimate of drug-likeness (QED) is 0.679. The van der Waals surface area contributed by atoms with Gasteiger partial charge in [-0.15, -0.1) is 11.8 Å². The molecular weight excluding hydrogens is 180 g/mol. The summed E-state index contributed by atoms with van der Waals surface area (Å²) in [6, 6.07) is 10.4. The van der Waals surface area contributed by atoms with Gasteiger partial charge >= 0.3 is 0 Å². The average molecular weight is 194 g/mol. The van der Waals surface area contributed by atoms with Crippen molar-refractivity contribution in [2.24, 2.45) is 0 Å². The summed E-state index contributed by atoms with van der Waals surface area (Å²) in [4.78, 5) is 0. The van der Waals surface area contributed by atoms with E-state index in [1.165, 1.54) is 17.7 Å². The van der Waals surface area contributed by atoms with Crippen molar-refractivity contribution in [3.8, 4) is 0 Å². The number of hydrogen-bond acceptors (Lipinski definition) is 2. The fraction of sp³-hybridized carbons (Fsp3) is 0.455. The van der Waals surface area contributed by atoms with Gasteiger partial charge in [-0.05, 0) is 24.7 Å². The zero-order valence-electron chi connectivity index (χ0n) is 7.77. The highest BCUT2D eigenvalue weighted by Crippen LogP contribution is 2.36. The van der Waals surface area contributed by atoms with Crippen LogP contribution in [0.4, 0.5) is 0 Å². The molecule has 0 radical (unpaired) electrons. The number of benzene rings is 1. The van der Waals surface area contributed by atoms with Gasteiger partial charge in [-0.2, -0.15) is 0 Å². The molecule has 70 valence electrons. The topological polar surface area (TPSA) is 9.23 Å². The lowest BCUT2D eigenvalue weighted by molar-refractivity contribution is 0.0377. The molecule has 13 heavy (non-hydrogen) atoms. The van der Waals surface area contributed by atoms with E-state index in [4.69, 9.17) is 4.74 Å². The van der Waals surface area contributed by atoms with Crippen LogP contribution in [0.5, 0.6) is 0 Å². The van der Waals surface area contributed by atoms with Gasteiger partial charge < -0.3 is 4.74 Å². The van der Waals surface area contributed by atoms with Crippen molar-refractivity contribution in [2.75, 3.05) is 5.75 Å². The zero-order valence-corrected chi connectivity index (χ0v) is 8.59. The monoisotopic (exact) mass is 194 g/mol. The van der Waals surface area contributed by atoms with E-state index in [9.17, 15) is 0 Å². The number of hydrogen-bond donors (Lipinski definition) is 0. The largest absolute Gasteiger partial charge is 0.360 e. The highest BCUT2D eigenvalue weighted by atomic mass is 32.2. The molecule has 0 bridgehead atoms. The second kappa shape index (κ2) is 4.16. The molecule has 2 atom stereocenters. The van der Waals surface area contributed by atoms with Crippen LogP contribution < -0.4 is 0 Å². The highest BCUT2D eigenvalue weighted by molar-refractivity contribution is 7.99. The lowest BCUT2D eigenvalue weighted by atomic mass is 10.2. The Morgan fingerprint density at radius 3 is 2.77 bits per heavy atom. The summed E-state index contributed by atoms with van der Waals surface area (Å²) < 4.78 is 5.84. The minimum atomic E-state index is 0.255. The molecule has 0 amide bonds. The van der Waals surface area contributed by atoms with Gasteiger partial charge in [-0.25, -0.2) is 0 Å². The molecule has 1 saturated heterocycles. The standard InChI is InChI=1S/C11H14OS/c1-9-7-8-13-11(12-9)10-5-3-2-4-6-10/h2-6,9,11H,7-8H2,1H3. The van der Waals surface area contributed by atoms with Gasteiger partial charge in [0.25, 0.3) is 0 Å². The Hall–Kier alpha value is -0.470. The molecule has 2 rings (SSSR count). The van der Waals surface area contributed by atoms with Crippen LogP contribution in [0, 0.1) is 0 Å². The van der Waals surface area contributed by atoms with Crippen LogP contribution in [0.3, 0.4) is 0 Å². The van der Waals surface area contributed by atoms with Gasteiger partial charge in [-0.3, -0.25) is 0 Å². The molecule has 1 fully saturated rings. The third-order valence-electron chi connectivity index (χ3n) is 2.22. The van der Waals surface area contributed by atoms with E-state index in [2.05, 4.69) is 31.2 Å². The summed E-state index contributed by atoms with van der Waals surface area (Å²) in [6.45, 7) is 2.15. The van der Waals surface area contributed by atoms with Gasteiger partial charge in [0.05, 0.1) is 6.10 Å². The van der Waals surface area contributed by atoms with E-state index in [-0.39, 0.29) is 5.44 Å². The first-order chi connectivity index (χ1) is 6.36. The van der Waals surface area contributed by atoms with Gasteiger partial charge in [0.2, 0.25) is 0 Å². The predicted octanol–water partition coefficient (Wildman–Crippen LogP) is 3.23. The Kier molecular flexibility index (Phi) is 2.91. The van der Waals surface area contributed by atoms with Gasteiger partial charge in [0.1, 0.15) is 5.44 Å². The minimum Gasteiger partial charge on any atom is -0.360 e. The van der Waals surface area contributed by atoms with E-state index in [0.717, 1.165) is 0 Å². The van der Waals surface area contributed by atoms with Gasteiger partial charge in [0, 0.05) is 0 Å². The van der Waals surface area contributed by atoms with Crippen LogP contribution in [-0.4, -0.2) is 11.9 Å². The van der Waals surface area contributed by atoms with Gasteiger partial charge in [-0.1, -0.05) is 30.3 Å². The van der Waals surface area contributed by atoms with Crippen LogP contribution in [0.15, 0.2) is 30.3 Å². The molecule has 1 aromatic rings. The number of thioether (sulfide) groups is 1. The summed E-state index contributed by atoms with van der Waals surface area (Å²) >= 11 is 1.90. The molecular formula is C11H14OS. The molecule has 1 aromatic carbocycles. The normalized spacial score (nSPS) is 28.7. The SMILES string of the molecule is CC1CCSC(c2ccccc2)O1. The summed E-state index contributed by atoms with van der Waals surface area (Å²) in [7, 11) is 0. The summed E-state index contributed by atoms with van der Waals surface area (Å²) in [5.74, 6) is 1.21. The zero-order chi connectivity index (χ0) is 9.10. The molecule has 0 aliphatic carbocycles. The highest BCUT2D eigenvalue weighted by Gasteiger charge is 2.20. The molecule has 0 saturated carbocycles. The predicted molar refractivity (Wildman–Crippen MR) is 56.8 cm³/mol. The van der Waals surface area contributed by atoms with E-state index >= 15 is 0 Å². The van der Waals surface area contributed by atoms with E-state index in [0.29, 0.717) is 6.10 Å². The van der Waals surface area contributed by atoms with E-state index in [1.807, 2.05) is 17.8 Å². The molecule has 1 heterocycles. The van der Waals surface area contributed by atoms with Crippen LogP contribution in [-0.2, 0) is 4.74 Å². The Labute approximate surface area is 83.5 Å². The van der Waals surface area contributed by atoms with Crippen molar-refractivity contribution in [1.29, 1.82) is 0 Å². The Bertz CT molecular complexity index is 260. The smallest absolute Gasteiger partial charge is 0.128 e. The Balaban J connectivity index is 2.08. The molecule has 2 heteroatoms. The van der Waals surface area contributed by atoms with Gasteiger partial charge in [0.15, 0.2) is 0 Å². The first kappa shape index (κ1) is 9.10. The van der Waals surface area contributed by atoms with Crippen molar-refractivity contribution >= 4 is 11.8 Å². The third-order valence-corrected chi connectivity index (χ3v) is 3.38. The lowest BCUT2D eigenvalue weighted by Gasteiger charge is -2.27. The maximum atomic E-state index is 5.84. The van der Waals surface area contributed by atoms with Crippen molar-refractivity contribution in [3.05, 3.63) is 35.9 Å². The summed E-state index contributed by atoms with van der Waals surface area (Å²) in [5, 5.41) is 0. The second-order valence-corrected chi connectivity index (χ2v) is 4.52. The molecule has 0 spiro atoms. The van der Waals surface area contributed by atoms with Crippen molar-refractivity contribution in [1.82, 2.24) is 0 Å². The van der Waals surface area contributed by atoms with Crippen molar-refractivity contribution in [3.63, 3.8) is 0 Å². The third kappa shape index (κ3) is 2.26. The first-order valence-corrected chi connectivity index (χ1v) is 5.73. The van der Waals surface area contributed by atoms with Crippen molar-refractivity contribution in [2.45, 2.75) is 24.9 Å². The number of ether oxygens (including phenoxy) is 1. The van der Waals surface area contributed by atoms with Crippen LogP contribution >= 0.6 is 11.8 Å². The Morgan fingerprint density at radius 2 is 2.08 bits per heavy atom. The second-order valence-electron chi connectivity index (χ2n) is 3.35. The summed E-state index contributed by atoms with van der Waals surface area (Å²) in [6.07, 6.45) is 1.58. The summed E-state index contributed by atoms with van der Waals surface area (Å²) in [5.41, 5.74) is 1.55. The maximum absolute atomic E-state index is 5.84. The molecule has 0 aromatic heterocycles. The van der Waals surface area contributed by atoms with Crippen LogP contribution in [0.25, 0.3) is 0 Å². The molecule has 2 unspecified atom stereocenters. The molecule has 1 nitrogen and oxygen atoms in total. The van der Waals surface area contributed by atoms with Crippen LogP contribution in [0.1, 0.15) is 24.3 Å². The van der Waals surface area contributed by atoms with E-state index in [1.54, 1.807) is 0 Å². The maximum Gasteiger partial charge on any atom is 0.128 e. The molecule has 1 aliphatic heterocycles. The Morgan fingerprint density at radius 1 is 1.31 bits per heavy atom. The fourth-order valence-corrected chi connectivity index (χ4v) is 2.74. The first-order valence-electron chi connectivity index (χ1n) is 4.68. The number of rotatable bonds is 1. The molecule has 1 aliphatic rings. The van der Waals surface area contributed by atoms with Crippen LogP contribution in [0.2, 0.25) is 0 Å². The van der Waals surface area contributed by atoms with E-state index < -0.39 is 0 Å².